The Hall–Kier alpha value is -3.00. The van der Waals surface area contributed by atoms with E-state index in [1.807, 2.05) is 0 Å². The number of benzene rings is 1. The standard InChI is InChI=1S/C19H14ClF6N5/c1-10-15-5-12(16(20)28-17(15)30(2)29-10)8-31(9-27)7-11-3-13(18(21,22)23)6-14(4-11)19(24,25)26/h3-6H,7-8H2,1-2H3. The molecule has 0 aliphatic heterocycles. The van der Waals surface area contributed by atoms with Crippen molar-refractivity contribution in [1.29, 1.82) is 5.26 Å². The van der Waals surface area contributed by atoms with Crippen molar-refractivity contribution >= 4 is 22.6 Å². The summed E-state index contributed by atoms with van der Waals surface area (Å²) < 4.78 is 79.9. The molecule has 0 unspecified atom stereocenters. The molecule has 164 valence electrons. The number of aryl methyl sites for hydroxylation is 2. The Morgan fingerprint density at radius 2 is 1.61 bits per heavy atom. The van der Waals surface area contributed by atoms with E-state index >= 15 is 0 Å². The second-order valence-corrected chi connectivity index (χ2v) is 7.25. The number of fused-ring (bicyclic) bond motifs is 1. The third kappa shape index (κ3) is 4.85. The number of halogens is 7. The van der Waals surface area contributed by atoms with Crippen molar-refractivity contribution in [2.75, 3.05) is 0 Å². The molecule has 0 spiro atoms. The Kier molecular flexibility index (Phi) is 5.80. The summed E-state index contributed by atoms with van der Waals surface area (Å²) in [5.74, 6) is 0. The lowest BCUT2D eigenvalue weighted by atomic mass is 10.0. The van der Waals surface area contributed by atoms with Gasteiger partial charge in [0.25, 0.3) is 0 Å². The third-order valence-electron chi connectivity index (χ3n) is 4.55. The number of alkyl halides is 6. The summed E-state index contributed by atoms with van der Waals surface area (Å²) in [7, 11) is 1.67. The van der Waals surface area contributed by atoms with E-state index in [4.69, 9.17) is 11.6 Å². The van der Waals surface area contributed by atoms with E-state index in [0.717, 1.165) is 4.90 Å². The third-order valence-corrected chi connectivity index (χ3v) is 4.88. The molecule has 12 heteroatoms. The highest BCUT2D eigenvalue weighted by Crippen LogP contribution is 2.36. The zero-order chi connectivity index (χ0) is 23.1. The lowest BCUT2D eigenvalue weighted by Crippen LogP contribution is -2.19. The van der Waals surface area contributed by atoms with Crippen LogP contribution >= 0.6 is 11.6 Å². The van der Waals surface area contributed by atoms with Crippen LogP contribution in [-0.2, 0) is 32.5 Å². The molecular formula is C19H14ClF6N5. The number of rotatable bonds is 4. The zero-order valence-electron chi connectivity index (χ0n) is 16.1. The predicted octanol–water partition coefficient (Wildman–Crippen LogP) is 5.45. The van der Waals surface area contributed by atoms with Crippen LogP contribution in [0.3, 0.4) is 0 Å². The Balaban J connectivity index is 1.95. The number of nitriles is 1. The van der Waals surface area contributed by atoms with Crippen LogP contribution in [0, 0.1) is 18.4 Å². The molecule has 1 aromatic carbocycles. The maximum atomic E-state index is 13.1. The molecular weight excluding hydrogens is 448 g/mol. The van der Waals surface area contributed by atoms with Crippen molar-refractivity contribution in [1.82, 2.24) is 19.7 Å². The second-order valence-electron chi connectivity index (χ2n) is 6.89. The molecule has 3 rings (SSSR count). The van der Waals surface area contributed by atoms with Gasteiger partial charge in [-0.05, 0) is 36.8 Å². The van der Waals surface area contributed by atoms with E-state index in [1.54, 1.807) is 26.2 Å². The smallest absolute Gasteiger partial charge is 0.302 e. The van der Waals surface area contributed by atoms with E-state index in [2.05, 4.69) is 10.1 Å². The molecule has 0 radical (unpaired) electrons. The number of pyridine rings is 1. The van der Waals surface area contributed by atoms with Gasteiger partial charge in [0.1, 0.15) is 5.15 Å². The number of aromatic nitrogens is 3. The molecule has 2 aromatic heterocycles. The molecule has 0 N–H and O–H groups in total. The first-order chi connectivity index (χ1) is 14.3. The Morgan fingerprint density at radius 1 is 1.03 bits per heavy atom. The van der Waals surface area contributed by atoms with Gasteiger partial charge in [0.15, 0.2) is 11.8 Å². The molecule has 0 amide bonds. The summed E-state index contributed by atoms with van der Waals surface area (Å²) in [5, 5.41) is 14.3. The molecule has 31 heavy (non-hydrogen) atoms. The maximum Gasteiger partial charge on any atom is 0.416 e. The molecule has 3 aromatic rings. The lowest BCUT2D eigenvalue weighted by molar-refractivity contribution is -0.143. The summed E-state index contributed by atoms with van der Waals surface area (Å²) in [4.78, 5) is 5.21. The van der Waals surface area contributed by atoms with Crippen molar-refractivity contribution in [3.8, 4) is 6.19 Å². The van der Waals surface area contributed by atoms with Crippen LogP contribution in [0.1, 0.15) is 27.9 Å². The van der Waals surface area contributed by atoms with Gasteiger partial charge in [0, 0.05) is 18.0 Å². The van der Waals surface area contributed by atoms with Crippen molar-refractivity contribution < 1.29 is 26.3 Å². The highest BCUT2D eigenvalue weighted by Gasteiger charge is 2.37. The maximum absolute atomic E-state index is 13.1. The fraction of sp³-hybridized carbons (Fsp3) is 0.316. The van der Waals surface area contributed by atoms with Gasteiger partial charge in [0.05, 0.1) is 29.9 Å². The van der Waals surface area contributed by atoms with Crippen molar-refractivity contribution in [2.24, 2.45) is 7.05 Å². The molecule has 0 aliphatic carbocycles. The van der Waals surface area contributed by atoms with Crippen LogP contribution in [0.25, 0.3) is 11.0 Å². The van der Waals surface area contributed by atoms with Gasteiger partial charge >= 0.3 is 12.4 Å². The monoisotopic (exact) mass is 461 g/mol. The molecule has 2 heterocycles. The first-order valence-electron chi connectivity index (χ1n) is 8.71. The average Bonchev–Trinajstić information content (AvgIpc) is 2.93. The quantitative estimate of drug-likeness (QED) is 0.224. The minimum absolute atomic E-state index is 0.0418. The minimum atomic E-state index is -4.97. The second kappa shape index (κ2) is 7.92. The van der Waals surface area contributed by atoms with Crippen molar-refractivity contribution in [3.63, 3.8) is 0 Å². The fourth-order valence-electron chi connectivity index (χ4n) is 3.14. The van der Waals surface area contributed by atoms with Gasteiger partial charge in [0.2, 0.25) is 0 Å². The van der Waals surface area contributed by atoms with Crippen LogP contribution in [0.2, 0.25) is 5.15 Å². The van der Waals surface area contributed by atoms with E-state index in [-0.39, 0.29) is 23.3 Å². The Bertz CT molecular complexity index is 1140. The van der Waals surface area contributed by atoms with Gasteiger partial charge in [-0.2, -0.15) is 36.7 Å². The SMILES string of the molecule is Cc1nn(C)c2nc(Cl)c(CN(C#N)Cc3cc(C(F)(F)F)cc(C(F)(F)F)c3)cc12. The molecule has 0 saturated carbocycles. The van der Waals surface area contributed by atoms with Crippen molar-refractivity contribution in [3.05, 3.63) is 57.4 Å². The van der Waals surface area contributed by atoms with Crippen LogP contribution in [0.5, 0.6) is 0 Å². The molecule has 0 atom stereocenters. The van der Waals surface area contributed by atoms with E-state index in [9.17, 15) is 31.6 Å². The number of hydrogen-bond donors (Lipinski definition) is 0. The summed E-state index contributed by atoms with van der Waals surface area (Å²) in [6, 6.07) is 2.87. The van der Waals surface area contributed by atoms with E-state index < -0.39 is 30.0 Å². The highest BCUT2D eigenvalue weighted by atomic mass is 35.5. The number of hydrogen-bond acceptors (Lipinski definition) is 4. The van der Waals surface area contributed by atoms with Crippen LogP contribution in [0.4, 0.5) is 26.3 Å². The molecule has 5 nitrogen and oxygen atoms in total. The largest absolute Gasteiger partial charge is 0.416 e. The predicted molar refractivity (Wildman–Crippen MR) is 99.6 cm³/mol. The van der Waals surface area contributed by atoms with Crippen LogP contribution in [-0.4, -0.2) is 19.7 Å². The van der Waals surface area contributed by atoms with Gasteiger partial charge in [-0.15, -0.1) is 0 Å². The Labute approximate surface area is 177 Å². The molecule has 0 bridgehead atoms. The average molecular weight is 462 g/mol. The van der Waals surface area contributed by atoms with Crippen LogP contribution in [0.15, 0.2) is 24.3 Å². The van der Waals surface area contributed by atoms with E-state index in [1.165, 1.54) is 4.68 Å². The molecule has 0 fully saturated rings. The Morgan fingerprint density at radius 3 is 2.13 bits per heavy atom. The minimum Gasteiger partial charge on any atom is -0.302 e. The topological polar surface area (TPSA) is 57.7 Å². The summed E-state index contributed by atoms with van der Waals surface area (Å²) in [6.07, 6.45) is -8.16. The van der Waals surface area contributed by atoms with E-state index in [0.29, 0.717) is 34.4 Å². The summed E-state index contributed by atoms with van der Waals surface area (Å²) in [5.41, 5.74) is -1.66. The van der Waals surface area contributed by atoms with Crippen molar-refractivity contribution in [2.45, 2.75) is 32.4 Å². The van der Waals surface area contributed by atoms with Gasteiger partial charge < -0.3 is 4.90 Å². The van der Waals surface area contributed by atoms with Gasteiger partial charge in [-0.1, -0.05) is 11.6 Å². The first-order valence-corrected chi connectivity index (χ1v) is 9.09. The first kappa shape index (κ1) is 22.7. The summed E-state index contributed by atoms with van der Waals surface area (Å²) in [6.45, 7) is 1.10. The number of nitrogens with zero attached hydrogens (tertiary/aromatic N) is 5. The molecule has 0 saturated heterocycles. The lowest BCUT2D eigenvalue weighted by Gasteiger charge is -2.19. The summed E-state index contributed by atoms with van der Waals surface area (Å²) >= 11 is 6.17. The van der Waals surface area contributed by atoms with Crippen LogP contribution < -0.4 is 0 Å². The normalized spacial score (nSPS) is 12.3. The zero-order valence-corrected chi connectivity index (χ0v) is 16.9. The van der Waals surface area contributed by atoms with Gasteiger partial charge in [-0.25, -0.2) is 4.98 Å². The molecule has 0 aliphatic rings. The fourth-order valence-corrected chi connectivity index (χ4v) is 3.33. The van der Waals surface area contributed by atoms with Gasteiger partial charge in [-0.3, -0.25) is 4.68 Å². The highest BCUT2D eigenvalue weighted by molar-refractivity contribution is 6.30.